The topological polar surface area (TPSA) is 147 Å². The molecule has 15 heteroatoms. The predicted molar refractivity (Wildman–Crippen MR) is 126 cm³/mol. The maximum Gasteiger partial charge on any atom is 0.492 e. The molecule has 1 atom stereocenters. The number of nitriles is 1. The van der Waals surface area contributed by atoms with Gasteiger partial charge in [0.15, 0.2) is 0 Å². The maximum atomic E-state index is 13.1. The Hall–Kier alpha value is -4.29. The van der Waals surface area contributed by atoms with Crippen LogP contribution in [0.5, 0.6) is 0 Å². The number of aromatic nitrogens is 5. The summed E-state index contributed by atoms with van der Waals surface area (Å²) in [6.07, 6.45) is 0.885. The SMILES string of the molecule is CCCN(OC(=O)C(F)(F)F)S(=O)(=O)c1cccc(C(CC#N)n2cc(-c3ncnc4[nH]ccc34)cn2)c1. The van der Waals surface area contributed by atoms with Crippen LogP contribution in [0.25, 0.3) is 22.3 Å². The molecule has 1 unspecified atom stereocenters. The van der Waals surface area contributed by atoms with Gasteiger partial charge in [-0.3, -0.25) is 4.68 Å². The van der Waals surface area contributed by atoms with E-state index in [1.54, 1.807) is 30.7 Å². The van der Waals surface area contributed by atoms with E-state index in [1.165, 1.54) is 30.1 Å². The molecule has 1 N–H and O–H groups in total. The van der Waals surface area contributed by atoms with Crippen molar-refractivity contribution in [2.75, 3.05) is 6.54 Å². The van der Waals surface area contributed by atoms with E-state index >= 15 is 0 Å². The Morgan fingerprint density at radius 3 is 2.79 bits per heavy atom. The number of hydrogen-bond acceptors (Lipinski definition) is 8. The molecule has 0 saturated heterocycles. The molecule has 38 heavy (non-hydrogen) atoms. The molecule has 0 aliphatic rings. The van der Waals surface area contributed by atoms with Gasteiger partial charge in [-0.2, -0.15) is 23.5 Å². The van der Waals surface area contributed by atoms with Crippen molar-refractivity contribution >= 4 is 27.0 Å². The van der Waals surface area contributed by atoms with Crippen LogP contribution in [-0.4, -0.2) is 56.3 Å². The van der Waals surface area contributed by atoms with Gasteiger partial charge >= 0.3 is 12.1 Å². The highest BCUT2D eigenvalue weighted by Crippen LogP contribution is 2.30. The highest BCUT2D eigenvalue weighted by molar-refractivity contribution is 7.89. The molecule has 0 spiro atoms. The molecule has 1 aromatic carbocycles. The van der Waals surface area contributed by atoms with Gasteiger partial charge in [-0.05, 0) is 34.7 Å². The van der Waals surface area contributed by atoms with Crippen LogP contribution >= 0.6 is 0 Å². The summed E-state index contributed by atoms with van der Waals surface area (Å²) in [6, 6.07) is 8.39. The summed E-state index contributed by atoms with van der Waals surface area (Å²) in [5.41, 5.74) is 2.18. The van der Waals surface area contributed by atoms with Crippen LogP contribution in [0.2, 0.25) is 0 Å². The number of carbonyl (C=O) groups is 1. The number of nitrogens with zero attached hydrogens (tertiary/aromatic N) is 6. The van der Waals surface area contributed by atoms with Crippen molar-refractivity contribution in [2.45, 2.75) is 36.9 Å². The lowest BCUT2D eigenvalue weighted by molar-refractivity contribution is -0.222. The summed E-state index contributed by atoms with van der Waals surface area (Å²) in [6.45, 7) is 1.02. The predicted octanol–water partition coefficient (Wildman–Crippen LogP) is 3.75. The van der Waals surface area contributed by atoms with Crippen LogP contribution in [0.4, 0.5) is 13.2 Å². The number of halogens is 3. The number of alkyl halides is 3. The average Bonchev–Trinajstić information content (AvgIpc) is 3.56. The summed E-state index contributed by atoms with van der Waals surface area (Å²) in [7, 11) is -4.67. The molecular formula is C23H20F3N7O4S. The molecule has 0 saturated carbocycles. The van der Waals surface area contributed by atoms with E-state index in [0.29, 0.717) is 22.5 Å². The van der Waals surface area contributed by atoms with E-state index in [1.807, 2.05) is 6.07 Å². The Balaban J connectivity index is 1.69. The third-order valence-electron chi connectivity index (χ3n) is 5.46. The Morgan fingerprint density at radius 1 is 1.29 bits per heavy atom. The summed E-state index contributed by atoms with van der Waals surface area (Å²) in [4.78, 5) is 26.6. The van der Waals surface area contributed by atoms with Crippen LogP contribution in [0.15, 0.2) is 60.1 Å². The number of nitrogens with one attached hydrogen (secondary N) is 1. The van der Waals surface area contributed by atoms with Crippen LogP contribution < -0.4 is 0 Å². The normalized spacial score (nSPS) is 12.9. The van der Waals surface area contributed by atoms with Crippen molar-refractivity contribution in [3.05, 3.63) is 60.8 Å². The lowest BCUT2D eigenvalue weighted by atomic mass is 10.0. The Bertz CT molecular complexity index is 1610. The number of sulfonamides is 1. The van der Waals surface area contributed by atoms with Crippen LogP contribution in [-0.2, 0) is 19.7 Å². The van der Waals surface area contributed by atoms with Crippen molar-refractivity contribution in [3.63, 3.8) is 0 Å². The second kappa shape index (κ2) is 10.6. The minimum absolute atomic E-state index is 0.0183. The third-order valence-corrected chi connectivity index (χ3v) is 7.11. The first-order valence-electron chi connectivity index (χ1n) is 11.2. The number of hydrogen-bond donors (Lipinski definition) is 1. The van der Waals surface area contributed by atoms with E-state index in [-0.39, 0.29) is 17.3 Å². The zero-order valence-corrected chi connectivity index (χ0v) is 20.6. The van der Waals surface area contributed by atoms with Crippen molar-refractivity contribution in [2.24, 2.45) is 0 Å². The van der Waals surface area contributed by atoms with Gasteiger partial charge in [0.25, 0.3) is 10.0 Å². The zero-order valence-electron chi connectivity index (χ0n) is 19.8. The molecule has 0 amide bonds. The molecule has 0 fully saturated rings. The van der Waals surface area contributed by atoms with Gasteiger partial charge < -0.3 is 9.82 Å². The molecule has 3 aromatic heterocycles. The highest BCUT2D eigenvalue weighted by atomic mass is 32.2. The number of H-pyrrole nitrogens is 1. The van der Waals surface area contributed by atoms with E-state index in [2.05, 4.69) is 24.9 Å². The Morgan fingerprint density at radius 2 is 2.08 bits per heavy atom. The highest BCUT2D eigenvalue weighted by Gasteiger charge is 2.44. The van der Waals surface area contributed by atoms with Gasteiger partial charge in [0.1, 0.15) is 12.0 Å². The first kappa shape index (κ1) is 26.8. The fourth-order valence-electron chi connectivity index (χ4n) is 3.73. The maximum absolute atomic E-state index is 13.1. The van der Waals surface area contributed by atoms with Gasteiger partial charge in [0.05, 0.1) is 41.9 Å². The molecule has 0 radical (unpaired) electrons. The molecular weight excluding hydrogens is 527 g/mol. The van der Waals surface area contributed by atoms with Crippen molar-refractivity contribution < 1.29 is 31.2 Å². The molecule has 4 aromatic rings. The monoisotopic (exact) mass is 547 g/mol. The summed E-state index contributed by atoms with van der Waals surface area (Å²) < 4.78 is 65.9. The smallest absolute Gasteiger partial charge is 0.346 e. The van der Waals surface area contributed by atoms with Crippen molar-refractivity contribution in [1.29, 1.82) is 5.26 Å². The van der Waals surface area contributed by atoms with E-state index in [4.69, 9.17) is 0 Å². The van der Waals surface area contributed by atoms with Crippen LogP contribution in [0, 0.1) is 11.3 Å². The second-order valence-electron chi connectivity index (χ2n) is 8.03. The standard InChI is InChI=1S/C23H20F3N7O4S/c1-2-10-33(37-22(34)23(24,25)26)38(35,36)17-5-3-4-15(11-17)19(6-8-27)32-13-16(12-31-32)20-18-7-9-28-21(18)30-14-29-20/h3-5,7,9,11-14,19H,2,6,10H2,1H3,(H,28,29,30). The minimum atomic E-state index is -5.38. The lowest BCUT2D eigenvalue weighted by Crippen LogP contribution is -2.39. The summed E-state index contributed by atoms with van der Waals surface area (Å²) in [5, 5.41) is 14.5. The quantitative estimate of drug-likeness (QED) is 0.312. The van der Waals surface area contributed by atoms with Gasteiger partial charge in [0, 0.05) is 23.3 Å². The first-order valence-corrected chi connectivity index (χ1v) is 12.6. The molecule has 0 bridgehead atoms. The summed E-state index contributed by atoms with van der Waals surface area (Å²) in [5.74, 6) is -2.65. The van der Waals surface area contributed by atoms with Gasteiger partial charge in [-0.15, -0.1) is 0 Å². The van der Waals surface area contributed by atoms with E-state index in [9.17, 15) is 31.6 Å². The molecule has 0 aliphatic carbocycles. The van der Waals surface area contributed by atoms with Crippen molar-refractivity contribution in [3.8, 4) is 17.3 Å². The molecule has 0 aliphatic heterocycles. The van der Waals surface area contributed by atoms with Gasteiger partial charge in [-0.1, -0.05) is 19.1 Å². The minimum Gasteiger partial charge on any atom is -0.346 e. The second-order valence-corrected chi connectivity index (χ2v) is 9.86. The van der Waals surface area contributed by atoms with Crippen LogP contribution in [0.1, 0.15) is 31.4 Å². The number of aromatic amines is 1. The number of carbonyl (C=O) groups excluding carboxylic acids is 1. The molecule has 198 valence electrons. The zero-order chi connectivity index (χ0) is 27.5. The number of benzene rings is 1. The van der Waals surface area contributed by atoms with Gasteiger partial charge in [-0.25, -0.2) is 23.2 Å². The Labute approximate surface area is 214 Å². The fraction of sp³-hybridized carbons (Fsp3) is 0.261. The largest absolute Gasteiger partial charge is 0.492 e. The lowest BCUT2D eigenvalue weighted by Gasteiger charge is -2.22. The van der Waals surface area contributed by atoms with Gasteiger partial charge in [0.2, 0.25) is 0 Å². The van der Waals surface area contributed by atoms with E-state index in [0.717, 1.165) is 11.5 Å². The van der Waals surface area contributed by atoms with Crippen molar-refractivity contribution in [1.82, 2.24) is 29.2 Å². The molecule has 3 heterocycles. The number of hydroxylamine groups is 1. The summed E-state index contributed by atoms with van der Waals surface area (Å²) >= 11 is 0. The molecule has 11 nitrogen and oxygen atoms in total. The fourth-order valence-corrected chi connectivity index (χ4v) is 5.08. The number of fused-ring (bicyclic) bond motifs is 1. The number of rotatable bonds is 9. The van der Waals surface area contributed by atoms with E-state index < -0.39 is 39.7 Å². The third kappa shape index (κ3) is 5.36. The Kier molecular flexibility index (Phi) is 7.46. The molecule has 4 rings (SSSR count). The average molecular weight is 548 g/mol. The van der Waals surface area contributed by atoms with Crippen LogP contribution in [0.3, 0.4) is 0 Å². The first-order chi connectivity index (χ1) is 18.1.